The quantitative estimate of drug-likeness (QED) is 0.198. The predicted molar refractivity (Wildman–Crippen MR) is 138 cm³/mol. The highest BCUT2D eigenvalue weighted by Crippen LogP contribution is 2.51. The van der Waals surface area contributed by atoms with E-state index in [1.165, 1.54) is 34.5 Å². The van der Waals surface area contributed by atoms with Gasteiger partial charge in [0.05, 0.1) is 11.0 Å². The second-order valence-electron chi connectivity index (χ2n) is 9.11. The molecular weight excluding hydrogens is 438 g/mol. The fourth-order valence-corrected chi connectivity index (χ4v) is 5.48. The lowest BCUT2D eigenvalue weighted by Gasteiger charge is -2.38. The summed E-state index contributed by atoms with van der Waals surface area (Å²) in [6.45, 7) is 0. The molecule has 2 N–H and O–H groups in total. The molecule has 3 atom stereocenters. The summed E-state index contributed by atoms with van der Waals surface area (Å²) in [6, 6.07) is 26.6. The molecule has 0 bridgehead atoms. The Bertz CT molecular complexity index is 1510. The van der Waals surface area contributed by atoms with E-state index in [0.717, 1.165) is 17.7 Å². The number of rotatable bonds is 4. The zero-order chi connectivity index (χ0) is 23.9. The lowest BCUT2D eigenvalue weighted by molar-refractivity contribution is -0.384. The molecule has 1 heterocycles. The minimum Gasteiger partial charge on any atom is -0.378 e. The van der Waals surface area contributed by atoms with Crippen LogP contribution in [0.5, 0.6) is 0 Å². The van der Waals surface area contributed by atoms with E-state index < -0.39 is 4.92 Å². The van der Waals surface area contributed by atoms with Crippen LogP contribution in [-0.2, 0) is 0 Å². The van der Waals surface area contributed by atoms with Crippen LogP contribution < -0.4 is 10.6 Å². The Morgan fingerprint density at radius 1 is 0.971 bits per heavy atom. The maximum absolute atomic E-state index is 12.8. The van der Waals surface area contributed by atoms with Crippen LogP contribution in [0.4, 0.5) is 17.1 Å². The van der Waals surface area contributed by atoms with Crippen LogP contribution in [0.15, 0.2) is 97.1 Å². The normalized spacial score (nSPS) is 20.1. The molecule has 1 aliphatic heterocycles. The molecule has 0 saturated carbocycles. The molecule has 4 aromatic carbocycles. The van der Waals surface area contributed by atoms with E-state index in [1.54, 1.807) is 6.07 Å². The molecule has 2 aliphatic rings. The Balaban J connectivity index is 1.31. The Labute approximate surface area is 202 Å². The minimum absolute atomic E-state index is 0.0957. The Morgan fingerprint density at radius 2 is 1.83 bits per heavy atom. The number of fused-ring (bicyclic) bond motifs is 5. The first-order valence-electron chi connectivity index (χ1n) is 11.7. The van der Waals surface area contributed by atoms with Gasteiger partial charge in [-0.2, -0.15) is 0 Å². The van der Waals surface area contributed by atoms with Gasteiger partial charge in [0.2, 0.25) is 0 Å². The van der Waals surface area contributed by atoms with Crippen LogP contribution in [0.25, 0.3) is 10.8 Å². The van der Waals surface area contributed by atoms with E-state index in [-0.39, 0.29) is 23.2 Å². The molecule has 0 radical (unpaired) electrons. The molecular formula is C29H23N3O3. The average Bonchev–Trinajstić information content (AvgIpc) is 3.38. The highest BCUT2D eigenvalue weighted by Gasteiger charge is 2.38. The molecule has 0 spiro atoms. The zero-order valence-corrected chi connectivity index (χ0v) is 18.8. The van der Waals surface area contributed by atoms with Gasteiger partial charge in [-0.1, -0.05) is 60.7 Å². The van der Waals surface area contributed by atoms with Gasteiger partial charge in [0.15, 0.2) is 0 Å². The first-order valence-corrected chi connectivity index (χ1v) is 11.7. The lowest BCUT2D eigenvalue weighted by atomic mass is 9.75. The molecule has 3 unspecified atom stereocenters. The van der Waals surface area contributed by atoms with Gasteiger partial charge in [-0.05, 0) is 58.5 Å². The van der Waals surface area contributed by atoms with E-state index >= 15 is 0 Å². The van der Waals surface area contributed by atoms with Crippen LogP contribution in [-0.4, -0.2) is 10.8 Å². The third kappa shape index (κ3) is 3.73. The van der Waals surface area contributed by atoms with Crippen molar-refractivity contribution >= 4 is 33.7 Å². The maximum Gasteiger partial charge on any atom is 0.270 e. The standard InChI is InChI=1S/C29H23N3O3/c33-29(20-8-4-10-22(17-20)32(34)35)30-21-9-3-7-19(16-21)28-25-13-5-12-24(25)27-23-11-2-1-6-18(23)14-15-26(27)31-28/h1-12,14-17,24-25,28,31H,13H2,(H,30,33). The number of allylic oxidation sites excluding steroid dienone is 2. The topological polar surface area (TPSA) is 84.3 Å². The summed E-state index contributed by atoms with van der Waals surface area (Å²) in [4.78, 5) is 23.4. The summed E-state index contributed by atoms with van der Waals surface area (Å²) in [6.07, 6.45) is 5.59. The minimum atomic E-state index is -0.501. The molecule has 35 heavy (non-hydrogen) atoms. The van der Waals surface area contributed by atoms with Crippen molar-refractivity contribution in [1.29, 1.82) is 0 Å². The fourth-order valence-electron chi connectivity index (χ4n) is 5.48. The van der Waals surface area contributed by atoms with Crippen molar-refractivity contribution in [1.82, 2.24) is 0 Å². The van der Waals surface area contributed by atoms with E-state index in [4.69, 9.17) is 0 Å². The number of benzene rings is 4. The van der Waals surface area contributed by atoms with Gasteiger partial charge in [-0.3, -0.25) is 14.9 Å². The van der Waals surface area contributed by atoms with Gasteiger partial charge in [0.1, 0.15) is 0 Å². The third-order valence-electron chi connectivity index (χ3n) is 7.08. The van der Waals surface area contributed by atoms with Crippen molar-refractivity contribution in [3.63, 3.8) is 0 Å². The van der Waals surface area contributed by atoms with E-state index in [1.807, 2.05) is 18.2 Å². The predicted octanol–water partition coefficient (Wildman–Crippen LogP) is 6.83. The number of nitrogens with one attached hydrogen (secondary N) is 2. The Kier molecular flexibility index (Phi) is 5.07. The number of hydrogen-bond acceptors (Lipinski definition) is 4. The summed E-state index contributed by atoms with van der Waals surface area (Å²) in [7, 11) is 0. The number of anilines is 2. The number of carbonyl (C=O) groups is 1. The summed E-state index contributed by atoms with van der Waals surface area (Å²) in [5.74, 6) is 0.321. The SMILES string of the molecule is O=C(Nc1cccc(C2Nc3ccc4ccccc4c3C3C=CCC32)c1)c1cccc([N+](=O)[O-])c1. The smallest absolute Gasteiger partial charge is 0.270 e. The van der Waals surface area contributed by atoms with Gasteiger partial charge < -0.3 is 10.6 Å². The summed E-state index contributed by atoms with van der Waals surface area (Å²) >= 11 is 0. The first-order chi connectivity index (χ1) is 17.1. The molecule has 172 valence electrons. The first kappa shape index (κ1) is 21.1. The number of nitro groups is 1. The zero-order valence-electron chi connectivity index (χ0n) is 18.8. The second-order valence-corrected chi connectivity index (χ2v) is 9.11. The molecule has 0 aromatic heterocycles. The highest BCUT2D eigenvalue weighted by molar-refractivity contribution is 6.04. The number of nitrogens with zero attached hydrogens (tertiary/aromatic N) is 1. The molecule has 0 saturated heterocycles. The lowest BCUT2D eigenvalue weighted by Crippen LogP contribution is -2.29. The number of carbonyl (C=O) groups excluding carboxylic acids is 1. The van der Waals surface area contributed by atoms with Gasteiger partial charge in [0, 0.05) is 35.0 Å². The molecule has 0 fully saturated rings. The number of hydrogen-bond donors (Lipinski definition) is 2. The molecule has 6 heteroatoms. The van der Waals surface area contributed by atoms with Crippen LogP contribution in [0, 0.1) is 16.0 Å². The largest absolute Gasteiger partial charge is 0.378 e. The Morgan fingerprint density at radius 3 is 2.71 bits per heavy atom. The maximum atomic E-state index is 12.8. The van der Waals surface area contributed by atoms with Gasteiger partial charge in [-0.25, -0.2) is 0 Å². The molecule has 6 nitrogen and oxygen atoms in total. The van der Waals surface area contributed by atoms with Crippen LogP contribution in [0.2, 0.25) is 0 Å². The molecule has 6 rings (SSSR count). The van der Waals surface area contributed by atoms with Crippen molar-refractivity contribution in [2.24, 2.45) is 5.92 Å². The Hall–Kier alpha value is -4.45. The van der Waals surface area contributed by atoms with Gasteiger partial charge in [-0.15, -0.1) is 0 Å². The monoisotopic (exact) mass is 461 g/mol. The molecule has 1 amide bonds. The average molecular weight is 462 g/mol. The number of non-ortho nitro benzene ring substituents is 1. The molecule has 1 aliphatic carbocycles. The van der Waals surface area contributed by atoms with Crippen LogP contribution in [0.1, 0.15) is 39.9 Å². The second kappa shape index (κ2) is 8.40. The molecule has 4 aromatic rings. The van der Waals surface area contributed by atoms with E-state index in [2.05, 4.69) is 65.3 Å². The van der Waals surface area contributed by atoms with Crippen molar-refractivity contribution in [3.8, 4) is 0 Å². The van der Waals surface area contributed by atoms with Crippen molar-refractivity contribution in [2.45, 2.75) is 18.4 Å². The summed E-state index contributed by atoms with van der Waals surface area (Å²) in [5, 5.41) is 20.3. The summed E-state index contributed by atoms with van der Waals surface area (Å²) < 4.78 is 0. The third-order valence-corrected chi connectivity index (χ3v) is 7.08. The van der Waals surface area contributed by atoms with Crippen molar-refractivity contribution < 1.29 is 9.72 Å². The van der Waals surface area contributed by atoms with E-state index in [0.29, 0.717) is 17.5 Å². The van der Waals surface area contributed by atoms with E-state index in [9.17, 15) is 14.9 Å². The van der Waals surface area contributed by atoms with Crippen LogP contribution >= 0.6 is 0 Å². The van der Waals surface area contributed by atoms with Crippen molar-refractivity contribution in [2.75, 3.05) is 10.6 Å². The van der Waals surface area contributed by atoms with Crippen molar-refractivity contribution in [3.05, 3.63) is 124 Å². The number of nitro benzene ring substituents is 1. The fraction of sp³-hybridized carbons (Fsp3) is 0.138. The number of amides is 1. The van der Waals surface area contributed by atoms with Crippen LogP contribution in [0.3, 0.4) is 0 Å². The summed E-state index contributed by atoms with van der Waals surface area (Å²) in [5.41, 5.74) is 4.40. The van der Waals surface area contributed by atoms with Gasteiger partial charge in [0.25, 0.3) is 11.6 Å². The van der Waals surface area contributed by atoms with Gasteiger partial charge >= 0.3 is 0 Å². The highest BCUT2D eigenvalue weighted by atomic mass is 16.6.